The van der Waals surface area contributed by atoms with Crippen LogP contribution in [0.5, 0.6) is 0 Å². The van der Waals surface area contributed by atoms with E-state index in [-0.39, 0.29) is 17.9 Å². The van der Waals surface area contributed by atoms with E-state index in [9.17, 15) is 9.90 Å². The molecule has 2 aromatic rings. The first-order chi connectivity index (χ1) is 15.5. The van der Waals surface area contributed by atoms with Crippen LogP contribution in [-0.4, -0.2) is 82.7 Å². The molecule has 2 aliphatic heterocycles. The Morgan fingerprint density at radius 1 is 1.16 bits per heavy atom. The first-order valence-electron chi connectivity index (χ1n) is 11.5. The van der Waals surface area contributed by atoms with Gasteiger partial charge in [-0.05, 0) is 36.5 Å². The Morgan fingerprint density at radius 3 is 2.56 bits per heavy atom. The monoisotopic (exact) mass is 455 g/mol. The minimum atomic E-state index is -0.281. The van der Waals surface area contributed by atoms with Gasteiger partial charge in [0.05, 0.1) is 12.0 Å². The fourth-order valence-corrected chi connectivity index (χ4v) is 5.33. The van der Waals surface area contributed by atoms with Gasteiger partial charge in [-0.2, -0.15) is 0 Å². The van der Waals surface area contributed by atoms with E-state index >= 15 is 0 Å². The summed E-state index contributed by atoms with van der Waals surface area (Å²) in [5, 5.41) is 10.3. The number of aliphatic hydroxyl groups excluding tert-OH is 1. The molecule has 3 heterocycles. The Morgan fingerprint density at radius 2 is 1.88 bits per heavy atom. The van der Waals surface area contributed by atoms with Crippen molar-refractivity contribution in [3.8, 4) is 0 Å². The van der Waals surface area contributed by atoms with E-state index in [1.807, 2.05) is 29.2 Å². The minimum absolute atomic E-state index is 0.148. The van der Waals surface area contributed by atoms with Crippen molar-refractivity contribution in [2.75, 3.05) is 50.7 Å². The van der Waals surface area contributed by atoms with Gasteiger partial charge in [-0.3, -0.25) is 9.69 Å². The molecule has 1 aromatic heterocycles. The smallest absolute Gasteiger partial charge is 0.231 e. The first kappa shape index (κ1) is 21.6. The molecular formula is C24H30ClN5O2. The Labute approximate surface area is 194 Å². The Balaban J connectivity index is 1.29. The molecule has 0 unspecified atom stereocenters. The molecule has 0 spiro atoms. The highest BCUT2D eigenvalue weighted by molar-refractivity contribution is 6.30. The van der Waals surface area contributed by atoms with E-state index in [1.165, 1.54) is 11.3 Å². The molecule has 0 radical (unpaired) electrons. The number of hydrogen-bond donors (Lipinski definition) is 1. The first-order valence-corrected chi connectivity index (χ1v) is 11.9. The second-order valence-corrected chi connectivity index (χ2v) is 9.72. The summed E-state index contributed by atoms with van der Waals surface area (Å²) in [6.07, 6.45) is 3.56. The summed E-state index contributed by atoms with van der Waals surface area (Å²) >= 11 is 6.08. The van der Waals surface area contributed by atoms with Gasteiger partial charge in [0.2, 0.25) is 5.91 Å². The van der Waals surface area contributed by atoms with E-state index in [0.29, 0.717) is 43.7 Å². The molecule has 5 rings (SSSR count). The van der Waals surface area contributed by atoms with Gasteiger partial charge < -0.3 is 14.9 Å². The fourth-order valence-electron chi connectivity index (χ4n) is 5.21. The van der Waals surface area contributed by atoms with Crippen molar-refractivity contribution in [3.05, 3.63) is 52.4 Å². The lowest BCUT2D eigenvalue weighted by atomic mass is 9.95. The maximum atomic E-state index is 13.6. The van der Waals surface area contributed by atoms with Gasteiger partial charge in [-0.1, -0.05) is 30.7 Å². The lowest BCUT2D eigenvalue weighted by molar-refractivity contribution is -0.134. The molecule has 0 saturated carbocycles. The van der Waals surface area contributed by atoms with Crippen LogP contribution in [0.4, 0.5) is 5.82 Å². The Bertz CT molecular complexity index is 971. The predicted molar refractivity (Wildman–Crippen MR) is 124 cm³/mol. The van der Waals surface area contributed by atoms with Crippen LogP contribution >= 0.6 is 11.6 Å². The Hall–Kier alpha value is -2.22. The molecule has 3 aliphatic rings. The van der Waals surface area contributed by atoms with Crippen LogP contribution in [-0.2, 0) is 11.2 Å². The van der Waals surface area contributed by atoms with Crippen molar-refractivity contribution in [1.82, 2.24) is 19.8 Å². The van der Waals surface area contributed by atoms with Gasteiger partial charge in [0, 0.05) is 62.1 Å². The van der Waals surface area contributed by atoms with Gasteiger partial charge in [-0.15, -0.1) is 0 Å². The molecule has 1 aliphatic carbocycles. The molecule has 170 valence electrons. The second-order valence-electron chi connectivity index (χ2n) is 9.29. The number of rotatable bonds is 5. The highest BCUT2D eigenvalue weighted by Crippen LogP contribution is 2.37. The molecule has 32 heavy (non-hydrogen) atoms. The number of benzene rings is 1. The molecule has 2 fully saturated rings. The van der Waals surface area contributed by atoms with Crippen molar-refractivity contribution in [2.24, 2.45) is 0 Å². The standard InChI is InChI=1S/C24H30ClN5O2/c1-16-2-7-21-22(16)23(27-15-26-21)29-8-10-30(11-9-29)24(32)20(14-28-12-19(31)13-28)17-3-5-18(25)6-4-17/h3-6,15-16,19-20,31H,2,7-14H2,1H3/t16-,20-/m1/s1. The summed E-state index contributed by atoms with van der Waals surface area (Å²) < 4.78 is 0. The van der Waals surface area contributed by atoms with Gasteiger partial charge in [0.1, 0.15) is 12.1 Å². The number of carbonyl (C=O) groups excluding carboxylic acids is 1. The molecule has 2 saturated heterocycles. The quantitative estimate of drug-likeness (QED) is 0.745. The molecule has 7 nitrogen and oxygen atoms in total. The zero-order valence-electron chi connectivity index (χ0n) is 18.5. The number of β-amino-alcohol motifs (C(OH)–C–C–N with tert-alkyl or cyclic N) is 1. The van der Waals surface area contributed by atoms with Crippen LogP contribution in [0.25, 0.3) is 0 Å². The van der Waals surface area contributed by atoms with Gasteiger partial charge >= 0.3 is 0 Å². The third-order valence-corrected chi connectivity index (χ3v) is 7.34. The van der Waals surface area contributed by atoms with E-state index < -0.39 is 0 Å². The van der Waals surface area contributed by atoms with Gasteiger partial charge in [-0.25, -0.2) is 9.97 Å². The number of aromatic nitrogens is 2. The second kappa shape index (κ2) is 8.96. The molecule has 0 bridgehead atoms. The topological polar surface area (TPSA) is 72.8 Å². The zero-order valence-corrected chi connectivity index (χ0v) is 19.2. The molecule has 2 atom stereocenters. The summed E-state index contributed by atoms with van der Waals surface area (Å²) in [5.41, 5.74) is 3.45. The van der Waals surface area contributed by atoms with E-state index in [0.717, 1.165) is 37.3 Å². The average molecular weight is 456 g/mol. The van der Waals surface area contributed by atoms with E-state index in [4.69, 9.17) is 11.6 Å². The van der Waals surface area contributed by atoms with Crippen LogP contribution in [0, 0.1) is 0 Å². The van der Waals surface area contributed by atoms with Crippen LogP contribution in [0.3, 0.4) is 0 Å². The molecule has 1 aromatic carbocycles. The summed E-state index contributed by atoms with van der Waals surface area (Å²) in [5.74, 6) is 1.43. The third-order valence-electron chi connectivity index (χ3n) is 7.09. The lowest BCUT2D eigenvalue weighted by Crippen LogP contribution is -2.55. The zero-order chi connectivity index (χ0) is 22.2. The number of amides is 1. The number of halogens is 1. The van der Waals surface area contributed by atoms with Crippen molar-refractivity contribution in [2.45, 2.75) is 37.7 Å². The SMILES string of the molecule is C[C@@H]1CCc2ncnc(N3CCN(C(=O)[C@H](CN4CC(O)C4)c4ccc(Cl)cc4)CC3)c21. The van der Waals surface area contributed by atoms with Crippen LogP contribution < -0.4 is 4.90 Å². The fraction of sp³-hybridized carbons (Fsp3) is 0.542. The molecule has 8 heteroatoms. The molecule has 1 amide bonds. The number of likely N-dealkylation sites (tertiary alicyclic amines) is 1. The van der Waals surface area contributed by atoms with Crippen molar-refractivity contribution in [1.29, 1.82) is 0 Å². The number of piperazine rings is 1. The van der Waals surface area contributed by atoms with Crippen molar-refractivity contribution in [3.63, 3.8) is 0 Å². The summed E-state index contributed by atoms with van der Waals surface area (Å²) in [4.78, 5) is 29.1. The number of fused-ring (bicyclic) bond motifs is 1. The van der Waals surface area contributed by atoms with Gasteiger partial charge in [0.15, 0.2) is 0 Å². The van der Waals surface area contributed by atoms with Crippen LogP contribution in [0.2, 0.25) is 5.02 Å². The average Bonchev–Trinajstić information content (AvgIpc) is 3.17. The minimum Gasteiger partial charge on any atom is -0.390 e. The third kappa shape index (κ3) is 4.21. The largest absolute Gasteiger partial charge is 0.390 e. The Kier molecular flexibility index (Phi) is 6.05. The molecular weight excluding hydrogens is 426 g/mol. The molecule has 1 N–H and O–H groups in total. The summed E-state index contributed by atoms with van der Waals surface area (Å²) in [6.45, 7) is 7.04. The van der Waals surface area contributed by atoms with Gasteiger partial charge in [0.25, 0.3) is 0 Å². The highest BCUT2D eigenvalue weighted by Gasteiger charge is 2.35. The number of hydrogen-bond acceptors (Lipinski definition) is 6. The van der Waals surface area contributed by atoms with Crippen LogP contribution in [0.1, 0.15) is 42.0 Å². The summed E-state index contributed by atoms with van der Waals surface area (Å²) in [6, 6.07) is 7.58. The van der Waals surface area contributed by atoms with E-state index in [2.05, 4.69) is 26.7 Å². The number of aryl methyl sites for hydroxylation is 1. The number of anilines is 1. The number of nitrogens with zero attached hydrogens (tertiary/aromatic N) is 5. The number of aliphatic hydroxyl groups is 1. The van der Waals surface area contributed by atoms with Crippen molar-refractivity contribution >= 4 is 23.3 Å². The normalized spacial score (nSPS) is 22.5. The lowest BCUT2D eigenvalue weighted by Gasteiger charge is -2.41. The maximum absolute atomic E-state index is 13.6. The van der Waals surface area contributed by atoms with E-state index in [1.54, 1.807) is 6.33 Å². The van der Waals surface area contributed by atoms with Crippen molar-refractivity contribution < 1.29 is 9.90 Å². The summed E-state index contributed by atoms with van der Waals surface area (Å²) in [7, 11) is 0. The number of carbonyl (C=O) groups is 1. The highest BCUT2D eigenvalue weighted by atomic mass is 35.5. The van der Waals surface area contributed by atoms with Crippen LogP contribution in [0.15, 0.2) is 30.6 Å². The predicted octanol–water partition coefficient (Wildman–Crippen LogP) is 2.29. The maximum Gasteiger partial charge on any atom is 0.231 e.